The molecule has 0 saturated heterocycles. The van der Waals surface area contributed by atoms with Crippen LogP contribution in [0, 0.1) is 23.1 Å². The Bertz CT molecular complexity index is 870. The van der Waals surface area contributed by atoms with E-state index < -0.39 is 5.54 Å². The molecule has 0 heterocycles. The maximum Gasteiger partial charge on any atom is 0.235 e. The fourth-order valence-corrected chi connectivity index (χ4v) is 3.47. The van der Waals surface area contributed by atoms with Crippen molar-refractivity contribution in [2.75, 3.05) is 6.54 Å². The van der Waals surface area contributed by atoms with Gasteiger partial charge in [-0.25, -0.2) is 4.39 Å². The number of nitriles is 1. The number of nitrogens with zero attached hydrogens (tertiary/aromatic N) is 1. The highest BCUT2D eigenvalue weighted by molar-refractivity contribution is 5.79. The van der Waals surface area contributed by atoms with Crippen molar-refractivity contribution in [1.82, 2.24) is 10.6 Å². The number of hydrogen-bond acceptors (Lipinski definition) is 3. The number of carbonyl (C=O) groups excluding carboxylic acids is 1. The molecule has 0 unspecified atom stereocenters. The molecule has 1 aliphatic carbocycles. The molecule has 28 heavy (non-hydrogen) atoms. The van der Waals surface area contributed by atoms with Crippen molar-refractivity contribution >= 4 is 5.91 Å². The lowest BCUT2D eigenvalue weighted by Gasteiger charge is -2.25. The largest absolute Gasteiger partial charge is 0.337 e. The quantitative estimate of drug-likeness (QED) is 0.732. The van der Waals surface area contributed by atoms with E-state index in [-0.39, 0.29) is 30.2 Å². The zero-order chi connectivity index (χ0) is 20.1. The Morgan fingerprint density at radius 3 is 2.54 bits per heavy atom. The molecule has 1 fully saturated rings. The second-order valence-electron chi connectivity index (χ2n) is 7.60. The summed E-state index contributed by atoms with van der Waals surface area (Å²) in [5, 5.41) is 15.5. The molecule has 0 aliphatic heterocycles. The van der Waals surface area contributed by atoms with Gasteiger partial charge in [-0.05, 0) is 60.9 Å². The van der Waals surface area contributed by atoms with Gasteiger partial charge in [0.15, 0.2) is 0 Å². The third kappa shape index (κ3) is 4.76. The van der Waals surface area contributed by atoms with Gasteiger partial charge in [0, 0.05) is 0 Å². The molecule has 146 valence electrons. The van der Waals surface area contributed by atoms with E-state index in [1.54, 1.807) is 13.0 Å². The van der Waals surface area contributed by atoms with E-state index in [9.17, 15) is 14.4 Å². The van der Waals surface area contributed by atoms with Crippen LogP contribution in [-0.4, -0.2) is 18.0 Å². The summed E-state index contributed by atoms with van der Waals surface area (Å²) in [5.41, 5.74) is 2.10. The van der Waals surface area contributed by atoms with E-state index >= 15 is 0 Å². The number of benzene rings is 2. The summed E-state index contributed by atoms with van der Waals surface area (Å²) in [6.07, 6.45) is 2.87. The van der Waals surface area contributed by atoms with Crippen molar-refractivity contribution < 1.29 is 9.18 Å². The molecule has 0 spiro atoms. The summed E-state index contributed by atoms with van der Waals surface area (Å²) in [4.78, 5) is 12.5. The molecular formula is C23H26FN3O. The van der Waals surface area contributed by atoms with E-state index in [2.05, 4.69) is 23.6 Å². The minimum atomic E-state index is -0.824. The molecule has 3 rings (SSSR count). The zero-order valence-electron chi connectivity index (χ0n) is 16.3. The number of carbonyl (C=O) groups is 1. The number of rotatable bonds is 8. The van der Waals surface area contributed by atoms with Crippen molar-refractivity contribution in [3.8, 4) is 6.07 Å². The first-order valence-electron chi connectivity index (χ1n) is 9.75. The molecule has 4 nitrogen and oxygen atoms in total. The molecule has 2 N–H and O–H groups in total. The smallest absolute Gasteiger partial charge is 0.235 e. The Labute approximate surface area is 165 Å². The van der Waals surface area contributed by atoms with Crippen LogP contribution in [0.5, 0.6) is 0 Å². The summed E-state index contributed by atoms with van der Waals surface area (Å²) >= 11 is 0. The second-order valence-corrected chi connectivity index (χ2v) is 7.60. The molecule has 1 amide bonds. The zero-order valence-corrected chi connectivity index (χ0v) is 16.3. The Hall–Kier alpha value is -2.71. The van der Waals surface area contributed by atoms with Gasteiger partial charge in [0.05, 0.1) is 18.7 Å². The normalized spacial score (nSPS) is 16.6. The van der Waals surface area contributed by atoms with Gasteiger partial charge < -0.3 is 5.32 Å². The molecule has 2 atom stereocenters. The van der Waals surface area contributed by atoms with Crippen molar-refractivity contribution in [1.29, 1.82) is 5.26 Å². The number of amides is 1. The van der Waals surface area contributed by atoms with Crippen LogP contribution in [0.3, 0.4) is 0 Å². The lowest BCUT2D eigenvalue weighted by molar-refractivity contribution is -0.121. The second kappa shape index (κ2) is 8.53. The Kier molecular flexibility index (Phi) is 6.11. The summed E-state index contributed by atoms with van der Waals surface area (Å²) in [5.74, 6) is -0.325. The van der Waals surface area contributed by atoms with Crippen molar-refractivity contribution in [2.24, 2.45) is 5.92 Å². The monoisotopic (exact) mass is 379 g/mol. The molecular weight excluding hydrogens is 353 g/mol. The first-order valence-corrected chi connectivity index (χ1v) is 9.75. The highest BCUT2D eigenvalue weighted by Crippen LogP contribution is 2.39. The lowest BCUT2D eigenvalue weighted by Crippen LogP contribution is -2.49. The fraction of sp³-hybridized carbons (Fsp3) is 0.391. The van der Waals surface area contributed by atoms with E-state index in [4.69, 9.17) is 0 Å². The van der Waals surface area contributed by atoms with E-state index in [0.29, 0.717) is 0 Å². The number of nitrogens with one attached hydrogen (secondary N) is 2. The maximum absolute atomic E-state index is 13.8. The fourth-order valence-electron chi connectivity index (χ4n) is 3.47. The topological polar surface area (TPSA) is 64.9 Å². The number of halogens is 1. The molecule has 0 aromatic heterocycles. The van der Waals surface area contributed by atoms with Gasteiger partial charge in [0.2, 0.25) is 5.91 Å². The summed E-state index contributed by atoms with van der Waals surface area (Å²) in [6.45, 7) is 3.91. The van der Waals surface area contributed by atoms with Crippen LogP contribution in [0.2, 0.25) is 0 Å². The number of hydrogen-bond donors (Lipinski definition) is 2. The van der Waals surface area contributed by atoms with Gasteiger partial charge in [-0.2, -0.15) is 5.26 Å². The predicted octanol–water partition coefficient (Wildman–Crippen LogP) is 3.88. The Morgan fingerprint density at radius 2 is 1.96 bits per heavy atom. The molecule has 2 aromatic carbocycles. The molecule has 1 saturated carbocycles. The number of aryl methyl sites for hydroxylation is 1. The van der Waals surface area contributed by atoms with Crippen LogP contribution in [0.15, 0.2) is 48.5 Å². The van der Waals surface area contributed by atoms with Gasteiger partial charge in [-0.15, -0.1) is 0 Å². The van der Waals surface area contributed by atoms with Crippen LogP contribution in [-0.2, 0) is 11.2 Å². The van der Waals surface area contributed by atoms with Gasteiger partial charge in [0.25, 0.3) is 0 Å². The van der Waals surface area contributed by atoms with Gasteiger partial charge in [-0.3, -0.25) is 10.1 Å². The van der Waals surface area contributed by atoms with Crippen molar-refractivity contribution in [2.45, 2.75) is 44.7 Å². The summed E-state index contributed by atoms with van der Waals surface area (Å²) < 4.78 is 13.8. The molecule has 5 heteroatoms. The van der Waals surface area contributed by atoms with Crippen LogP contribution >= 0.6 is 0 Å². The standard InChI is InChI=1S/C23H26FN3O/c1-3-16-7-9-17(10-8-16)22(18-5-4-6-20(24)13-18)26-14-21(28)27-23(2,15-25)19-11-12-19/h4-10,13,19,22,26H,3,11-12,14H2,1-2H3,(H,27,28)/t22-,23+/m1/s1. The van der Waals surface area contributed by atoms with Gasteiger partial charge in [0.1, 0.15) is 11.4 Å². The third-order valence-corrected chi connectivity index (χ3v) is 5.40. The predicted molar refractivity (Wildman–Crippen MR) is 107 cm³/mol. The first-order chi connectivity index (χ1) is 13.4. The summed E-state index contributed by atoms with van der Waals surface area (Å²) in [7, 11) is 0. The van der Waals surface area contributed by atoms with Crippen molar-refractivity contribution in [3.05, 3.63) is 71.0 Å². The van der Waals surface area contributed by atoms with E-state index in [1.807, 2.05) is 30.3 Å². The first kappa shape index (κ1) is 20.0. The average Bonchev–Trinajstić information content (AvgIpc) is 3.54. The minimum Gasteiger partial charge on any atom is -0.337 e. The Morgan fingerprint density at radius 1 is 1.25 bits per heavy atom. The van der Waals surface area contributed by atoms with E-state index in [1.165, 1.54) is 17.7 Å². The molecule has 0 bridgehead atoms. The van der Waals surface area contributed by atoms with Gasteiger partial charge in [-0.1, -0.05) is 43.3 Å². The van der Waals surface area contributed by atoms with Crippen LogP contribution < -0.4 is 10.6 Å². The molecule has 2 aromatic rings. The van der Waals surface area contributed by atoms with Gasteiger partial charge >= 0.3 is 0 Å². The third-order valence-electron chi connectivity index (χ3n) is 5.40. The van der Waals surface area contributed by atoms with E-state index in [0.717, 1.165) is 30.4 Å². The van der Waals surface area contributed by atoms with Crippen LogP contribution in [0.4, 0.5) is 4.39 Å². The Balaban J connectivity index is 1.75. The maximum atomic E-state index is 13.8. The van der Waals surface area contributed by atoms with Crippen LogP contribution in [0.25, 0.3) is 0 Å². The molecule has 0 radical (unpaired) electrons. The average molecular weight is 379 g/mol. The highest BCUT2D eigenvalue weighted by atomic mass is 19.1. The summed E-state index contributed by atoms with van der Waals surface area (Å²) in [6, 6.07) is 16.4. The lowest BCUT2D eigenvalue weighted by atomic mass is 9.96. The minimum absolute atomic E-state index is 0.0424. The van der Waals surface area contributed by atoms with Crippen LogP contribution in [0.1, 0.15) is 49.4 Å². The highest BCUT2D eigenvalue weighted by Gasteiger charge is 2.42. The van der Waals surface area contributed by atoms with Crippen molar-refractivity contribution in [3.63, 3.8) is 0 Å². The SMILES string of the molecule is CCc1ccc([C@@H](NCC(=O)N[C@@](C)(C#N)C2CC2)c2cccc(F)c2)cc1. The molecule has 1 aliphatic rings.